The summed E-state index contributed by atoms with van der Waals surface area (Å²) in [5, 5.41) is 14.0. The number of rotatable bonds is 5. The molecular formula is C61H36N4O. The Labute approximate surface area is 378 Å². The van der Waals surface area contributed by atoms with Crippen molar-refractivity contribution in [3.8, 4) is 51.0 Å². The highest BCUT2D eigenvalue weighted by atomic mass is 16.3. The predicted octanol–water partition coefficient (Wildman–Crippen LogP) is 16.1. The van der Waals surface area contributed by atoms with Crippen molar-refractivity contribution < 1.29 is 4.42 Å². The third-order valence-corrected chi connectivity index (χ3v) is 13.3. The largest absolute Gasteiger partial charge is 0.456 e. The van der Waals surface area contributed by atoms with Gasteiger partial charge in [-0.25, -0.2) is 15.0 Å². The number of hydrogen-bond donors (Lipinski definition) is 0. The third-order valence-electron chi connectivity index (χ3n) is 13.3. The van der Waals surface area contributed by atoms with E-state index in [0.29, 0.717) is 17.5 Å². The van der Waals surface area contributed by atoms with Crippen LogP contribution in [-0.4, -0.2) is 19.5 Å². The van der Waals surface area contributed by atoms with Crippen LogP contribution in [0.1, 0.15) is 0 Å². The van der Waals surface area contributed by atoms with Gasteiger partial charge in [-0.2, -0.15) is 0 Å². The number of hydrogen-bond acceptors (Lipinski definition) is 4. The highest BCUT2D eigenvalue weighted by molar-refractivity contribution is 6.17. The minimum absolute atomic E-state index is 0.592. The zero-order chi connectivity index (χ0) is 43.3. The van der Waals surface area contributed by atoms with Crippen LogP contribution in [0, 0.1) is 0 Å². The zero-order valence-corrected chi connectivity index (χ0v) is 35.5. The predicted molar refractivity (Wildman–Crippen MR) is 273 cm³/mol. The second kappa shape index (κ2) is 14.3. The van der Waals surface area contributed by atoms with E-state index in [1.807, 2.05) is 12.1 Å². The number of aromatic nitrogens is 4. The molecule has 0 radical (unpaired) electrons. The van der Waals surface area contributed by atoms with Gasteiger partial charge in [-0.3, -0.25) is 0 Å². The molecule has 0 N–H and O–H groups in total. The number of furan rings is 1. The average molecular weight is 841 g/mol. The SMILES string of the molecule is c1ccc2cc(-c3nc(-c4ccc5ccccc5c4)nc(-c4ccc(-n5c6cc7ccccc7cc6c6cc7ccccc7cc65)cc4-c4ccc5oc6ccccc6c5c4)n3)ccc2c1. The Balaban J connectivity index is 1.06. The first-order valence-corrected chi connectivity index (χ1v) is 22.3. The van der Waals surface area contributed by atoms with Gasteiger partial charge < -0.3 is 8.98 Å². The lowest BCUT2D eigenvalue weighted by atomic mass is 9.96. The molecule has 0 atom stereocenters. The first-order chi connectivity index (χ1) is 32.6. The van der Waals surface area contributed by atoms with Crippen LogP contribution in [0.15, 0.2) is 223 Å². The summed E-state index contributed by atoms with van der Waals surface area (Å²) in [5.74, 6) is 1.82. The number of fused-ring (bicyclic) bond motifs is 10. The van der Waals surface area contributed by atoms with E-state index in [2.05, 4.69) is 211 Å². The van der Waals surface area contributed by atoms with Crippen LogP contribution in [0.5, 0.6) is 0 Å². The summed E-state index contributed by atoms with van der Waals surface area (Å²) < 4.78 is 8.79. The van der Waals surface area contributed by atoms with Crippen LogP contribution in [0.25, 0.3) is 138 Å². The maximum absolute atomic E-state index is 6.36. The molecule has 0 aliphatic heterocycles. The van der Waals surface area contributed by atoms with E-state index in [0.717, 1.165) is 88.0 Å². The van der Waals surface area contributed by atoms with Crippen molar-refractivity contribution in [2.45, 2.75) is 0 Å². The highest BCUT2D eigenvalue weighted by Crippen LogP contribution is 2.42. The summed E-state index contributed by atoms with van der Waals surface area (Å²) in [7, 11) is 0. The van der Waals surface area contributed by atoms with Gasteiger partial charge in [0.05, 0.1) is 11.0 Å². The Kier molecular flexibility index (Phi) is 7.91. The molecule has 3 aromatic heterocycles. The first kappa shape index (κ1) is 36.5. The summed E-state index contributed by atoms with van der Waals surface area (Å²) in [5.41, 5.74) is 9.81. The molecule has 66 heavy (non-hydrogen) atoms. The van der Waals surface area contributed by atoms with Crippen LogP contribution < -0.4 is 0 Å². The Morgan fingerprint density at radius 2 is 0.758 bits per heavy atom. The van der Waals surface area contributed by atoms with E-state index >= 15 is 0 Å². The molecule has 0 unspecified atom stereocenters. The van der Waals surface area contributed by atoms with Gasteiger partial charge in [0.1, 0.15) is 11.2 Å². The molecule has 306 valence electrons. The van der Waals surface area contributed by atoms with Gasteiger partial charge in [0.15, 0.2) is 17.5 Å². The van der Waals surface area contributed by atoms with Crippen molar-refractivity contribution in [1.29, 1.82) is 0 Å². The van der Waals surface area contributed by atoms with Crippen molar-refractivity contribution in [2.24, 2.45) is 0 Å². The molecule has 14 rings (SSSR count). The number of benzene rings is 11. The van der Waals surface area contributed by atoms with E-state index < -0.39 is 0 Å². The lowest BCUT2D eigenvalue weighted by molar-refractivity contribution is 0.669. The second-order valence-corrected chi connectivity index (χ2v) is 17.2. The Hall–Kier alpha value is -8.93. The molecule has 0 saturated carbocycles. The maximum atomic E-state index is 6.36. The molecule has 14 aromatic rings. The van der Waals surface area contributed by atoms with Crippen molar-refractivity contribution >= 4 is 86.8 Å². The van der Waals surface area contributed by atoms with Gasteiger partial charge >= 0.3 is 0 Å². The lowest BCUT2D eigenvalue weighted by Crippen LogP contribution is -2.02. The molecular weight excluding hydrogens is 805 g/mol. The molecule has 0 fully saturated rings. The number of nitrogens with zero attached hydrogens (tertiary/aromatic N) is 4. The zero-order valence-electron chi connectivity index (χ0n) is 35.5. The fourth-order valence-electron chi connectivity index (χ4n) is 10.1. The van der Waals surface area contributed by atoms with Crippen LogP contribution in [-0.2, 0) is 0 Å². The molecule has 0 saturated heterocycles. The molecule has 0 spiro atoms. The highest BCUT2D eigenvalue weighted by Gasteiger charge is 2.21. The van der Waals surface area contributed by atoms with Crippen molar-refractivity contribution in [3.05, 3.63) is 218 Å². The van der Waals surface area contributed by atoms with Gasteiger partial charge in [-0.15, -0.1) is 0 Å². The summed E-state index contributed by atoms with van der Waals surface area (Å²) in [4.78, 5) is 16.0. The fraction of sp³-hybridized carbons (Fsp3) is 0. The van der Waals surface area contributed by atoms with Gasteiger partial charge in [0, 0.05) is 43.9 Å². The first-order valence-electron chi connectivity index (χ1n) is 22.3. The van der Waals surface area contributed by atoms with Crippen LogP contribution in [0.2, 0.25) is 0 Å². The van der Waals surface area contributed by atoms with Gasteiger partial charge in [0.25, 0.3) is 0 Å². The summed E-state index contributed by atoms with van der Waals surface area (Å²) in [6.45, 7) is 0. The average Bonchev–Trinajstić information content (AvgIpc) is 3.90. The number of para-hydroxylation sites is 1. The third kappa shape index (κ3) is 5.84. The molecule has 0 bridgehead atoms. The van der Waals surface area contributed by atoms with E-state index in [-0.39, 0.29) is 0 Å². The van der Waals surface area contributed by atoms with Gasteiger partial charge in [0.2, 0.25) is 0 Å². The van der Waals surface area contributed by atoms with Crippen molar-refractivity contribution in [3.63, 3.8) is 0 Å². The molecule has 0 amide bonds. The topological polar surface area (TPSA) is 56.7 Å². The smallest absolute Gasteiger partial charge is 0.164 e. The summed E-state index contributed by atoms with van der Waals surface area (Å²) in [6, 6.07) is 77.8. The monoisotopic (exact) mass is 840 g/mol. The molecule has 5 heteroatoms. The molecule has 0 aliphatic carbocycles. The Bertz CT molecular complexity index is 4120. The minimum atomic E-state index is 0.592. The van der Waals surface area contributed by atoms with Crippen LogP contribution >= 0.6 is 0 Å². The minimum Gasteiger partial charge on any atom is -0.456 e. The molecule has 0 aliphatic rings. The van der Waals surface area contributed by atoms with E-state index in [1.165, 1.54) is 32.3 Å². The lowest BCUT2D eigenvalue weighted by Gasteiger charge is -2.16. The van der Waals surface area contributed by atoms with Crippen molar-refractivity contribution in [2.75, 3.05) is 0 Å². The summed E-state index contributed by atoms with van der Waals surface area (Å²) in [6.07, 6.45) is 0. The fourth-order valence-corrected chi connectivity index (χ4v) is 10.1. The quantitative estimate of drug-likeness (QED) is 0.173. The van der Waals surface area contributed by atoms with Crippen LogP contribution in [0.3, 0.4) is 0 Å². The Morgan fingerprint density at radius 1 is 0.288 bits per heavy atom. The standard InChI is InChI=1S/C61H36N4O/c1-3-13-39-29-46(23-21-37(39)11-1)59-62-60(47-24-22-38-12-2-4-14-40(38)30-47)64-61(63-59)50-27-26-48(36-51(50)45-25-28-58-54(33-45)49-19-9-10-20-57(49)66-58)65-55-34-43-17-7-5-15-41(43)31-52(55)53-32-42-16-6-8-18-44(42)35-56(53)65/h1-36H. The van der Waals surface area contributed by atoms with E-state index in [9.17, 15) is 0 Å². The van der Waals surface area contributed by atoms with Crippen LogP contribution in [0.4, 0.5) is 0 Å². The van der Waals surface area contributed by atoms with E-state index in [4.69, 9.17) is 19.4 Å². The summed E-state index contributed by atoms with van der Waals surface area (Å²) >= 11 is 0. The molecule has 11 aromatic carbocycles. The Morgan fingerprint density at radius 3 is 1.35 bits per heavy atom. The molecule has 3 heterocycles. The van der Waals surface area contributed by atoms with E-state index in [1.54, 1.807) is 0 Å². The molecule has 5 nitrogen and oxygen atoms in total. The normalized spacial score (nSPS) is 11.9. The second-order valence-electron chi connectivity index (χ2n) is 17.2. The van der Waals surface area contributed by atoms with Gasteiger partial charge in [-0.1, -0.05) is 146 Å². The van der Waals surface area contributed by atoms with Crippen molar-refractivity contribution in [1.82, 2.24) is 19.5 Å². The van der Waals surface area contributed by atoms with Gasteiger partial charge in [-0.05, 0) is 127 Å². The maximum Gasteiger partial charge on any atom is 0.164 e.